The van der Waals surface area contributed by atoms with Gasteiger partial charge in [0.2, 0.25) is 17.8 Å². The number of benzene rings is 1. The van der Waals surface area contributed by atoms with Gasteiger partial charge in [0.1, 0.15) is 0 Å². The largest absolute Gasteiger partial charge is 0.296 e. The minimum Gasteiger partial charge on any atom is -0.296 e. The Morgan fingerprint density at radius 2 is 1.52 bits per heavy atom. The van der Waals surface area contributed by atoms with Crippen LogP contribution in [-0.2, 0) is 9.59 Å². The minimum absolute atomic E-state index is 0.0429. The third-order valence-corrected chi connectivity index (χ3v) is 3.86. The van der Waals surface area contributed by atoms with Crippen LogP contribution in [0.1, 0.15) is 43.5 Å². The van der Waals surface area contributed by atoms with E-state index in [1.54, 1.807) is 13.8 Å². The van der Waals surface area contributed by atoms with Crippen molar-refractivity contribution in [2.24, 2.45) is 4.99 Å². The molecule has 0 aliphatic carbocycles. The van der Waals surface area contributed by atoms with Crippen LogP contribution in [0.3, 0.4) is 0 Å². The van der Waals surface area contributed by atoms with Gasteiger partial charge < -0.3 is 0 Å². The second-order valence-corrected chi connectivity index (χ2v) is 5.83. The molecule has 0 fully saturated rings. The first-order valence-electron chi connectivity index (χ1n) is 8.28. The van der Waals surface area contributed by atoms with E-state index in [1.165, 1.54) is 5.56 Å². The van der Waals surface area contributed by atoms with Crippen molar-refractivity contribution in [2.75, 3.05) is 0 Å². The number of carbonyl (C=O) groups excluding carboxylic acids is 2. The number of fused-ring (bicyclic) bond motifs is 1. The van der Waals surface area contributed by atoms with Crippen molar-refractivity contribution >= 4 is 34.6 Å². The molecule has 132 valence electrons. The van der Waals surface area contributed by atoms with Crippen LogP contribution >= 0.6 is 0 Å². The Kier molecular flexibility index (Phi) is 5.80. The molecule has 0 atom stereocenters. The summed E-state index contributed by atoms with van der Waals surface area (Å²) in [5.74, 6) is -0.268. The molecule has 2 rings (SSSR count). The molecule has 25 heavy (non-hydrogen) atoms. The summed E-state index contributed by atoms with van der Waals surface area (Å²) in [5.41, 5.74) is 3.85. The van der Waals surface area contributed by atoms with Gasteiger partial charge >= 0.3 is 0 Å². The molecule has 2 aromatic rings. The molecule has 7 heteroatoms. The quantitative estimate of drug-likeness (QED) is 0.662. The van der Waals surface area contributed by atoms with Crippen molar-refractivity contribution in [1.29, 1.82) is 0 Å². The zero-order valence-corrected chi connectivity index (χ0v) is 15.2. The average Bonchev–Trinajstić information content (AvgIpc) is 2.56. The van der Waals surface area contributed by atoms with Crippen molar-refractivity contribution < 1.29 is 9.59 Å². The first-order chi connectivity index (χ1) is 11.8. The lowest BCUT2D eigenvalue weighted by Gasteiger charge is -2.10. The van der Waals surface area contributed by atoms with Gasteiger partial charge in [-0.05, 0) is 44.0 Å². The number of aromatic nitrogens is 2. The van der Waals surface area contributed by atoms with Crippen molar-refractivity contribution in [1.82, 2.24) is 20.6 Å². The Morgan fingerprint density at radius 3 is 2.08 bits per heavy atom. The molecule has 1 heterocycles. The fourth-order valence-electron chi connectivity index (χ4n) is 2.20. The van der Waals surface area contributed by atoms with Crippen LogP contribution in [0.25, 0.3) is 10.9 Å². The standard InChI is InChI=1S/C18H23N5O2/c1-6-15(24)21-18(22-16(25)7-2)23-17-19-12(5)13-8-10(3)11(4)9-14(13)20-17/h8-9H,6-7H2,1-5H3,(H2,19,20,21,22,23,24,25). The summed E-state index contributed by atoms with van der Waals surface area (Å²) < 4.78 is 0. The molecule has 0 radical (unpaired) electrons. The Labute approximate surface area is 147 Å². The molecule has 7 nitrogen and oxygen atoms in total. The van der Waals surface area contributed by atoms with Crippen molar-refractivity contribution in [3.63, 3.8) is 0 Å². The first kappa shape index (κ1) is 18.5. The van der Waals surface area contributed by atoms with E-state index in [0.717, 1.165) is 22.2 Å². The summed E-state index contributed by atoms with van der Waals surface area (Å²) in [6.45, 7) is 9.38. The zero-order chi connectivity index (χ0) is 18.6. The lowest BCUT2D eigenvalue weighted by Crippen LogP contribution is -2.43. The predicted octanol–water partition coefficient (Wildman–Crippen LogP) is 2.59. The van der Waals surface area contributed by atoms with Gasteiger partial charge in [0.05, 0.1) is 11.2 Å². The van der Waals surface area contributed by atoms with Crippen molar-refractivity contribution in [2.45, 2.75) is 47.5 Å². The minimum atomic E-state index is -0.251. The summed E-state index contributed by atoms with van der Waals surface area (Å²) in [4.78, 5) is 36.4. The Balaban J connectivity index is 2.48. The van der Waals surface area contributed by atoms with Crippen molar-refractivity contribution in [3.05, 3.63) is 29.0 Å². The fourth-order valence-corrected chi connectivity index (χ4v) is 2.20. The smallest absolute Gasteiger partial charge is 0.253 e. The zero-order valence-electron chi connectivity index (χ0n) is 15.2. The predicted molar refractivity (Wildman–Crippen MR) is 97.7 cm³/mol. The molecule has 0 aliphatic heterocycles. The van der Waals surface area contributed by atoms with Gasteiger partial charge in [-0.3, -0.25) is 20.2 Å². The van der Waals surface area contributed by atoms with Gasteiger partial charge in [-0.15, -0.1) is 0 Å². The van der Waals surface area contributed by atoms with E-state index in [2.05, 4.69) is 25.6 Å². The number of nitrogens with zero attached hydrogens (tertiary/aromatic N) is 3. The summed E-state index contributed by atoms with van der Waals surface area (Å²) in [5, 5.41) is 6.09. The van der Waals surface area contributed by atoms with Crippen LogP contribution in [0.5, 0.6) is 0 Å². The SMILES string of the molecule is CCC(=O)NC(=Nc1nc(C)c2cc(C)c(C)cc2n1)NC(=O)CC. The van der Waals surface area contributed by atoms with Crippen LogP contribution in [0, 0.1) is 20.8 Å². The lowest BCUT2D eigenvalue weighted by atomic mass is 10.1. The number of guanidine groups is 1. The highest BCUT2D eigenvalue weighted by atomic mass is 16.2. The highest BCUT2D eigenvalue weighted by Crippen LogP contribution is 2.22. The molecular weight excluding hydrogens is 318 g/mol. The van der Waals surface area contributed by atoms with E-state index < -0.39 is 0 Å². The van der Waals surface area contributed by atoms with Gasteiger partial charge in [0.15, 0.2) is 0 Å². The highest BCUT2D eigenvalue weighted by molar-refractivity contribution is 6.05. The maximum Gasteiger partial charge on any atom is 0.253 e. The average molecular weight is 341 g/mol. The van der Waals surface area contributed by atoms with Crippen LogP contribution in [-0.4, -0.2) is 27.7 Å². The molecule has 0 aliphatic rings. The van der Waals surface area contributed by atoms with Gasteiger partial charge in [0.25, 0.3) is 5.95 Å². The number of aryl methyl sites for hydroxylation is 3. The molecule has 0 saturated heterocycles. The fraction of sp³-hybridized carbons (Fsp3) is 0.389. The lowest BCUT2D eigenvalue weighted by molar-refractivity contribution is -0.119. The molecule has 1 aromatic carbocycles. The van der Waals surface area contributed by atoms with Crippen LogP contribution in [0.15, 0.2) is 17.1 Å². The maximum atomic E-state index is 11.7. The van der Waals surface area contributed by atoms with Crippen LogP contribution in [0.4, 0.5) is 5.95 Å². The Morgan fingerprint density at radius 1 is 0.960 bits per heavy atom. The molecule has 0 saturated carbocycles. The number of hydrogen-bond acceptors (Lipinski definition) is 5. The van der Waals surface area contributed by atoms with E-state index >= 15 is 0 Å². The topological polar surface area (TPSA) is 96.3 Å². The van der Waals surface area contributed by atoms with Crippen molar-refractivity contribution in [3.8, 4) is 0 Å². The van der Waals surface area contributed by atoms with Crippen LogP contribution in [0.2, 0.25) is 0 Å². The summed E-state index contributed by atoms with van der Waals surface area (Å²) in [7, 11) is 0. The number of nitrogens with one attached hydrogen (secondary N) is 2. The number of rotatable bonds is 3. The maximum absolute atomic E-state index is 11.7. The van der Waals surface area contributed by atoms with E-state index in [1.807, 2.05) is 32.9 Å². The molecule has 0 unspecified atom stereocenters. The molecular formula is C18H23N5O2. The summed E-state index contributed by atoms with van der Waals surface area (Å²) >= 11 is 0. The number of carbonyl (C=O) groups is 2. The molecule has 2 N–H and O–H groups in total. The van der Waals surface area contributed by atoms with Gasteiger partial charge in [0, 0.05) is 18.2 Å². The highest BCUT2D eigenvalue weighted by Gasteiger charge is 2.11. The molecule has 1 aromatic heterocycles. The molecule has 0 spiro atoms. The normalized spacial score (nSPS) is 10.4. The van der Waals surface area contributed by atoms with E-state index in [0.29, 0.717) is 0 Å². The first-order valence-corrected chi connectivity index (χ1v) is 8.28. The summed E-state index contributed by atoms with van der Waals surface area (Å²) in [6.07, 6.45) is 0.550. The molecule has 0 bridgehead atoms. The Bertz CT molecular complexity index is 838. The summed E-state index contributed by atoms with van der Waals surface area (Å²) in [6, 6.07) is 4.03. The van der Waals surface area contributed by atoms with E-state index in [-0.39, 0.29) is 36.6 Å². The number of hydrogen-bond donors (Lipinski definition) is 2. The third kappa shape index (κ3) is 4.59. The number of aliphatic imine (C=N–C) groups is 1. The van der Waals surface area contributed by atoms with Gasteiger partial charge in [-0.2, -0.15) is 4.99 Å². The number of amides is 2. The van der Waals surface area contributed by atoms with Gasteiger partial charge in [-0.1, -0.05) is 13.8 Å². The molecule has 2 amide bonds. The Hall–Kier alpha value is -2.83. The monoisotopic (exact) mass is 341 g/mol. The van der Waals surface area contributed by atoms with E-state index in [4.69, 9.17) is 0 Å². The van der Waals surface area contributed by atoms with Gasteiger partial charge in [-0.25, -0.2) is 9.97 Å². The second kappa shape index (κ2) is 7.83. The van der Waals surface area contributed by atoms with E-state index in [9.17, 15) is 9.59 Å². The second-order valence-electron chi connectivity index (χ2n) is 5.83. The van der Waals surface area contributed by atoms with Crippen LogP contribution < -0.4 is 10.6 Å². The third-order valence-electron chi connectivity index (χ3n) is 3.86.